The molecule has 29 heavy (non-hydrogen) atoms. The van der Waals surface area contributed by atoms with Crippen LogP contribution >= 0.6 is 11.6 Å². The number of alkyl halides is 3. The highest BCUT2D eigenvalue weighted by molar-refractivity contribution is 6.31. The zero-order chi connectivity index (χ0) is 21.6. The Morgan fingerprint density at radius 3 is 2.31 bits per heavy atom. The predicted molar refractivity (Wildman–Crippen MR) is 106 cm³/mol. The van der Waals surface area contributed by atoms with Crippen molar-refractivity contribution in [2.45, 2.75) is 19.1 Å². The third kappa shape index (κ3) is 7.07. The maximum atomic E-state index is 12.9. The van der Waals surface area contributed by atoms with Crippen molar-refractivity contribution in [3.05, 3.63) is 64.7 Å². The van der Waals surface area contributed by atoms with Crippen LogP contribution in [0, 0.1) is 0 Å². The van der Waals surface area contributed by atoms with Gasteiger partial charge in [-0.15, -0.1) is 0 Å². The first-order valence-corrected chi connectivity index (χ1v) is 9.13. The summed E-state index contributed by atoms with van der Waals surface area (Å²) >= 11 is 5.56. The molecule has 0 fully saturated rings. The molecule has 0 aliphatic carbocycles. The van der Waals surface area contributed by atoms with Crippen molar-refractivity contribution in [1.82, 2.24) is 10.2 Å². The molecule has 156 valence electrons. The van der Waals surface area contributed by atoms with E-state index in [0.29, 0.717) is 0 Å². The summed E-state index contributed by atoms with van der Waals surface area (Å²) in [4.78, 5) is 25.7. The number of amides is 2. The number of anilines is 1. The fourth-order valence-electron chi connectivity index (χ4n) is 2.68. The number of hydrogen-bond donors (Lipinski definition) is 2. The second-order valence-electron chi connectivity index (χ2n) is 6.61. The van der Waals surface area contributed by atoms with Crippen LogP contribution in [0.15, 0.2) is 48.5 Å². The van der Waals surface area contributed by atoms with Gasteiger partial charge in [-0.2, -0.15) is 13.2 Å². The van der Waals surface area contributed by atoms with Crippen LogP contribution in [0.5, 0.6) is 0 Å². The van der Waals surface area contributed by atoms with Crippen LogP contribution in [0.3, 0.4) is 0 Å². The summed E-state index contributed by atoms with van der Waals surface area (Å²) in [7, 11) is 1.56. The van der Waals surface area contributed by atoms with Crippen molar-refractivity contribution >= 4 is 29.1 Å². The summed E-state index contributed by atoms with van der Waals surface area (Å²) in [6.07, 6.45) is -4.62. The van der Waals surface area contributed by atoms with Crippen LogP contribution in [-0.2, 0) is 15.8 Å². The second-order valence-corrected chi connectivity index (χ2v) is 7.02. The topological polar surface area (TPSA) is 61.4 Å². The van der Waals surface area contributed by atoms with Gasteiger partial charge in [0, 0.05) is 5.69 Å². The van der Waals surface area contributed by atoms with E-state index >= 15 is 0 Å². The van der Waals surface area contributed by atoms with E-state index in [-0.39, 0.29) is 30.7 Å². The van der Waals surface area contributed by atoms with Gasteiger partial charge >= 0.3 is 6.18 Å². The summed E-state index contributed by atoms with van der Waals surface area (Å²) in [5.41, 5.74) is -0.105. The Kier molecular flexibility index (Phi) is 7.64. The summed E-state index contributed by atoms with van der Waals surface area (Å²) in [6, 6.07) is 12.3. The molecule has 2 N–H and O–H groups in total. The monoisotopic (exact) mass is 427 g/mol. The molecule has 0 spiro atoms. The number of halogens is 4. The van der Waals surface area contributed by atoms with Gasteiger partial charge in [0.05, 0.1) is 29.7 Å². The third-order valence-corrected chi connectivity index (χ3v) is 4.39. The van der Waals surface area contributed by atoms with Crippen LogP contribution in [0.25, 0.3) is 0 Å². The van der Waals surface area contributed by atoms with Gasteiger partial charge in [-0.05, 0) is 37.7 Å². The molecule has 0 unspecified atom stereocenters. The molecule has 1 atom stereocenters. The molecule has 0 heterocycles. The van der Waals surface area contributed by atoms with Crippen molar-refractivity contribution < 1.29 is 22.8 Å². The summed E-state index contributed by atoms with van der Waals surface area (Å²) < 4.78 is 38.7. The number of nitrogens with zero attached hydrogens (tertiary/aromatic N) is 1. The molecule has 2 aromatic carbocycles. The number of rotatable bonds is 7. The predicted octanol–water partition coefficient (Wildman–Crippen LogP) is 4.11. The minimum atomic E-state index is -4.62. The number of carbonyl (C=O) groups is 2. The average Bonchev–Trinajstić information content (AvgIpc) is 2.62. The molecule has 0 aromatic heterocycles. The average molecular weight is 428 g/mol. The number of likely N-dealkylation sites (N-methyl/N-ethyl adjacent to an activating group) is 1. The number of benzene rings is 2. The molecule has 0 radical (unpaired) electrons. The van der Waals surface area contributed by atoms with Gasteiger partial charge in [-0.3, -0.25) is 14.5 Å². The van der Waals surface area contributed by atoms with E-state index in [0.717, 1.165) is 17.7 Å². The van der Waals surface area contributed by atoms with Gasteiger partial charge in [0.2, 0.25) is 11.8 Å². The molecular formula is C20H21ClF3N3O2. The van der Waals surface area contributed by atoms with Gasteiger partial charge in [0.15, 0.2) is 0 Å². The first-order valence-electron chi connectivity index (χ1n) is 8.75. The quantitative estimate of drug-likeness (QED) is 0.699. The molecule has 0 saturated heterocycles. The highest BCUT2D eigenvalue weighted by atomic mass is 35.5. The normalized spacial score (nSPS) is 12.5. The Hall–Kier alpha value is -2.58. The maximum absolute atomic E-state index is 12.9. The number of carbonyl (C=O) groups excluding carboxylic acids is 2. The van der Waals surface area contributed by atoms with Crippen LogP contribution in [0.2, 0.25) is 5.02 Å². The molecule has 9 heteroatoms. The minimum absolute atomic E-state index is 0.0257. The maximum Gasteiger partial charge on any atom is 0.417 e. The largest absolute Gasteiger partial charge is 0.417 e. The highest BCUT2D eigenvalue weighted by Crippen LogP contribution is 2.36. The van der Waals surface area contributed by atoms with E-state index in [2.05, 4.69) is 10.6 Å². The Morgan fingerprint density at radius 2 is 1.69 bits per heavy atom. The molecule has 2 rings (SSSR count). The minimum Gasteiger partial charge on any atom is -0.348 e. The third-order valence-electron chi connectivity index (χ3n) is 4.06. The van der Waals surface area contributed by atoms with Gasteiger partial charge in [0.25, 0.3) is 0 Å². The van der Waals surface area contributed by atoms with E-state index in [9.17, 15) is 22.8 Å². The fraction of sp³-hybridized carbons (Fsp3) is 0.300. The lowest BCUT2D eigenvalue weighted by Gasteiger charge is -2.19. The van der Waals surface area contributed by atoms with Crippen LogP contribution in [-0.4, -0.2) is 36.9 Å². The Balaban J connectivity index is 1.87. The number of nitrogens with one attached hydrogen (secondary N) is 2. The van der Waals surface area contributed by atoms with Gasteiger partial charge in [-0.1, -0.05) is 41.9 Å². The zero-order valence-electron chi connectivity index (χ0n) is 15.9. The summed E-state index contributed by atoms with van der Waals surface area (Å²) in [5, 5.41) is 4.76. The molecule has 0 bridgehead atoms. The van der Waals surface area contributed by atoms with E-state index in [1.165, 1.54) is 11.0 Å². The van der Waals surface area contributed by atoms with Crippen molar-refractivity contribution in [3.63, 3.8) is 0 Å². The molecule has 0 aliphatic heterocycles. The smallest absolute Gasteiger partial charge is 0.348 e. The van der Waals surface area contributed by atoms with Gasteiger partial charge in [0.1, 0.15) is 0 Å². The first-order chi connectivity index (χ1) is 13.6. The van der Waals surface area contributed by atoms with Crippen molar-refractivity contribution in [2.24, 2.45) is 0 Å². The Bertz CT molecular complexity index is 860. The Labute approximate surface area is 171 Å². The zero-order valence-corrected chi connectivity index (χ0v) is 16.6. The van der Waals surface area contributed by atoms with Crippen LogP contribution < -0.4 is 10.6 Å². The lowest BCUT2D eigenvalue weighted by atomic mass is 10.1. The summed E-state index contributed by atoms with van der Waals surface area (Å²) in [5.74, 6) is -0.825. The van der Waals surface area contributed by atoms with E-state index in [4.69, 9.17) is 11.6 Å². The molecular weight excluding hydrogens is 407 g/mol. The first kappa shape index (κ1) is 22.7. The molecule has 2 amide bonds. The highest BCUT2D eigenvalue weighted by Gasteiger charge is 2.33. The van der Waals surface area contributed by atoms with Crippen molar-refractivity contribution in [1.29, 1.82) is 0 Å². The molecule has 2 aromatic rings. The van der Waals surface area contributed by atoms with E-state index < -0.39 is 22.7 Å². The molecule has 0 saturated carbocycles. The van der Waals surface area contributed by atoms with Gasteiger partial charge < -0.3 is 10.6 Å². The van der Waals surface area contributed by atoms with Crippen molar-refractivity contribution in [2.75, 3.05) is 25.5 Å². The van der Waals surface area contributed by atoms with Crippen LogP contribution in [0.1, 0.15) is 24.1 Å². The molecule has 5 nitrogen and oxygen atoms in total. The Morgan fingerprint density at radius 1 is 1.07 bits per heavy atom. The second kappa shape index (κ2) is 9.76. The lowest BCUT2D eigenvalue weighted by Crippen LogP contribution is -2.39. The SMILES string of the molecule is C[C@@H](NC(=O)CN(C)CC(=O)Nc1ccc(Cl)c(C(F)(F)F)c1)c1ccccc1. The van der Waals surface area contributed by atoms with E-state index in [1.807, 2.05) is 37.3 Å². The fourth-order valence-corrected chi connectivity index (χ4v) is 2.90. The molecule has 0 aliphatic rings. The standard InChI is InChI=1S/C20H21ClF3N3O2/c1-13(14-6-4-3-5-7-14)25-18(28)11-27(2)12-19(29)26-15-8-9-17(21)16(10-15)20(22,23)24/h3-10,13H,11-12H2,1-2H3,(H,25,28)(H,26,29)/t13-/m1/s1. The van der Waals surface area contributed by atoms with Crippen LogP contribution in [0.4, 0.5) is 18.9 Å². The van der Waals surface area contributed by atoms with Gasteiger partial charge in [-0.25, -0.2) is 0 Å². The summed E-state index contributed by atoms with van der Waals surface area (Å²) in [6.45, 7) is 1.63. The van der Waals surface area contributed by atoms with E-state index in [1.54, 1.807) is 7.05 Å². The van der Waals surface area contributed by atoms with Crippen molar-refractivity contribution in [3.8, 4) is 0 Å². The lowest BCUT2D eigenvalue weighted by molar-refractivity contribution is -0.137. The number of hydrogen-bond acceptors (Lipinski definition) is 3.